The van der Waals surface area contributed by atoms with E-state index in [0.717, 1.165) is 16.7 Å². The molecule has 0 spiro atoms. The summed E-state index contributed by atoms with van der Waals surface area (Å²) in [6.07, 6.45) is 0.375. The van der Waals surface area contributed by atoms with Crippen molar-refractivity contribution in [2.75, 3.05) is 6.61 Å². The number of carbonyl (C=O) groups excluding carboxylic acids is 2. The molecule has 3 aromatic rings. The fourth-order valence-corrected chi connectivity index (χ4v) is 3.91. The van der Waals surface area contributed by atoms with Crippen LogP contribution < -0.4 is 10.1 Å². The number of rotatable bonds is 9. The lowest BCUT2D eigenvalue weighted by atomic mass is 10.0. The van der Waals surface area contributed by atoms with Crippen molar-refractivity contribution in [3.63, 3.8) is 0 Å². The van der Waals surface area contributed by atoms with E-state index in [1.807, 2.05) is 100 Å². The van der Waals surface area contributed by atoms with Crippen molar-refractivity contribution in [2.45, 2.75) is 52.2 Å². The first-order chi connectivity index (χ1) is 16.6. The molecule has 0 aliphatic carbocycles. The van der Waals surface area contributed by atoms with E-state index >= 15 is 0 Å². The summed E-state index contributed by atoms with van der Waals surface area (Å²) in [5.74, 6) is 0.105. The Morgan fingerprint density at radius 3 is 2.23 bits per heavy atom. The molecular formula is C29H33ClN2O3. The number of halogens is 1. The Kier molecular flexibility index (Phi) is 8.94. The molecule has 0 heterocycles. The van der Waals surface area contributed by atoms with Crippen molar-refractivity contribution in [3.05, 3.63) is 101 Å². The molecule has 0 aliphatic heterocycles. The van der Waals surface area contributed by atoms with Gasteiger partial charge in [0.2, 0.25) is 5.91 Å². The summed E-state index contributed by atoms with van der Waals surface area (Å²) < 4.78 is 5.80. The molecule has 6 heteroatoms. The highest BCUT2D eigenvalue weighted by Crippen LogP contribution is 2.19. The zero-order valence-corrected chi connectivity index (χ0v) is 21.5. The summed E-state index contributed by atoms with van der Waals surface area (Å²) in [5.41, 5.74) is 2.45. The van der Waals surface area contributed by atoms with Crippen LogP contribution in [0.4, 0.5) is 0 Å². The van der Waals surface area contributed by atoms with Crippen LogP contribution in [0.1, 0.15) is 37.5 Å². The summed E-state index contributed by atoms with van der Waals surface area (Å²) in [6.45, 7) is 7.81. The molecule has 1 atom stereocenters. The molecule has 0 aliphatic rings. The fraction of sp³-hybridized carbons (Fsp3) is 0.310. The van der Waals surface area contributed by atoms with Crippen molar-refractivity contribution in [1.29, 1.82) is 0 Å². The molecule has 0 bridgehead atoms. The lowest BCUT2D eigenvalue weighted by Crippen LogP contribution is -2.55. The maximum Gasteiger partial charge on any atom is 0.261 e. The third-order valence-corrected chi connectivity index (χ3v) is 5.63. The molecule has 184 valence electrons. The van der Waals surface area contributed by atoms with E-state index < -0.39 is 11.6 Å². The van der Waals surface area contributed by atoms with Crippen LogP contribution >= 0.6 is 11.6 Å². The zero-order chi connectivity index (χ0) is 25.4. The summed E-state index contributed by atoms with van der Waals surface area (Å²) in [5, 5.41) is 3.63. The molecule has 0 aromatic heterocycles. The molecular weight excluding hydrogens is 460 g/mol. The van der Waals surface area contributed by atoms with Crippen LogP contribution in [0.2, 0.25) is 5.02 Å². The normalized spacial score (nSPS) is 12.0. The van der Waals surface area contributed by atoms with Gasteiger partial charge >= 0.3 is 0 Å². The van der Waals surface area contributed by atoms with Gasteiger partial charge in [-0.15, -0.1) is 0 Å². The van der Waals surface area contributed by atoms with Gasteiger partial charge in [0.15, 0.2) is 6.61 Å². The highest BCUT2D eigenvalue weighted by Gasteiger charge is 2.32. The smallest absolute Gasteiger partial charge is 0.261 e. The minimum atomic E-state index is -0.732. The first-order valence-electron chi connectivity index (χ1n) is 11.7. The Hall–Kier alpha value is -3.31. The van der Waals surface area contributed by atoms with Gasteiger partial charge in [-0.25, -0.2) is 0 Å². The van der Waals surface area contributed by atoms with E-state index in [1.165, 1.54) is 0 Å². The van der Waals surface area contributed by atoms with Crippen LogP contribution in [0.3, 0.4) is 0 Å². The van der Waals surface area contributed by atoms with Gasteiger partial charge in [0.1, 0.15) is 11.8 Å². The van der Waals surface area contributed by atoms with Gasteiger partial charge in [-0.1, -0.05) is 71.8 Å². The van der Waals surface area contributed by atoms with Gasteiger partial charge in [-0.2, -0.15) is 0 Å². The molecule has 0 radical (unpaired) electrons. The Morgan fingerprint density at radius 2 is 1.60 bits per heavy atom. The molecule has 0 unspecified atom stereocenters. The lowest BCUT2D eigenvalue weighted by Gasteiger charge is -2.33. The predicted octanol–water partition coefficient (Wildman–Crippen LogP) is 5.58. The second kappa shape index (κ2) is 11.9. The average Bonchev–Trinajstić information content (AvgIpc) is 2.80. The number of aryl methyl sites for hydroxylation is 1. The zero-order valence-electron chi connectivity index (χ0n) is 20.8. The maximum absolute atomic E-state index is 13.6. The molecule has 5 nitrogen and oxygen atoms in total. The first-order valence-corrected chi connectivity index (χ1v) is 12.1. The number of ether oxygens (including phenoxy) is 1. The van der Waals surface area contributed by atoms with E-state index in [-0.39, 0.29) is 25.0 Å². The molecule has 0 fully saturated rings. The Morgan fingerprint density at radius 1 is 0.943 bits per heavy atom. The quantitative estimate of drug-likeness (QED) is 0.424. The number of hydrogen-bond donors (Lipinski definition) is 1. The molecule has 0 saturated heterocycles. The van der Waals surface area contributed by atoms with E-state index in [2.05, 4.69) is 5.32 Å². The Bertz CT molecular complexity index is 1120. The van der Waals surface area contributed by atoms with Crippen LogP contribution in [0, 0.1) is 6.92 Å². The minimum Gasteiger partial charge on any atom is -0.484 e. The average molecular weight is 493 g/mol. The van der Waals surface area contributed by atoms with Crippen LogP contribution in [0.5, 0.6) is 5.75 Å². The molecule has 3 rings (SSSR count). The topological polar surface area (TPSA) is 58.6 Å². The third-order valence-electron chi connectivity index (χ3n) is 5.39. The van der Waals surface area contributed by atoms with Gasteiger partial charge in [0, 0.05) is 23.5 Å². The summed E-state index contributed by atoms with van der Waals surface area (Å²) in [4.78, 5) is 28.7. The van der Waals surface area contributed by atoms with Crippen LogP contribution in [0.15, 0.2) is 78.9 Å². The van der Waals surface area contributed by atoms with Crippen LogP contribution in [-0.2, 0) is 22.6 Å². The number of nitrogens with zero attached hydrogens (tertiary/aromatic N) is 1. The highest BCUT2D eigenvalue weighted by atomic mass is 35.5. The number of nitrogens with one attached hydrogen (secondary N) is 1. The van der Waals surface area contributed by atoms with E-state index in [9.17, 15) is 9.59 Å². The number of hydrogen-bond acceptors (Lipinski definition) is 3. The van der Waals surface area contributed by atoms with Crippen molar-refractivity contribution in [2.24, 2.45) is 0 Å². The monoisotopic (exact) mass is 492 g/mol. The Labute approximate surface area is 213 Å². The number of benzene rings is 3. The fourth-order valence-electron chi connectivity index (χ4n) is 3.70. The largest absolute Gasteiger partial charge is 0.484 e. The van der Waals surface area contributed by atoms with Crippen LogP contribution in [-0.4, -0.2) is 34.9 Å². The molecule has 1 N–H and O–H groups in total. The van der Waals surface area contributed by atoms with E-state index in [0.29, 0.717) is 17.2 Å². The molecule has 2 amide bonds. The molecule has 3 aromatic carbocycles. The van der Waals surface area contributed by atoms with Gasteiger partial charge in [-0.05, 0) is 63.1 Å². The SMILES string of the molecule is Cc1ccc(OCC(=O)N(Cc2cccc(Cl)c2)[C@@H](Cc2ccccc2)C(=O)NC(C)(C)C)cc1. The summed E-state index contributed by atoms with van der Waals surface area (Å²) in [6, 6.07) is 23.8. The van der Waals surface area contributed by atoms with E-state index in [1.54, 1.807) is 11.0 Å². The lowest BCUT2D eigenvalue weighted by molar-refractivity contribution is -0.143. The number of carbonyl (C=O) groups is 2. The van der Waals surface area contributed by atoms with Gasteiger partial charge in [0.25, 0.3) is 5.91 Å². The minimum absolute atomic E-state index is 0.183. The Balaban J connectivity index is 1.92. The summed E-state index contributed by atoms with van der Waals surface area (Å²) in [7, 11) is 0. The van der Waals surface area contributed by atoms with Crippen molar-refractivity contribution >= 4 is 23.4 Å². The van der Waals surface area contributed by atoms with Crippen molar-refractivity contribution in [1.82, 2.24) is 10.2 Å². The maximum atomic E-state index is 13.6. The summed E-state index contributed by atoms with van der Waals surface area (Å²) >= 11 is 6.21. The highest BCUT2D eigenvalue weighted by molar-refractivity contribution is 6.30. The number of amides is 2. The second-order valence-electron chi connectivity index (χ2n) is 9.70. The standard InChI is InChI=1S/C29H33ClN2O3/c1-21-13-15-25(16-14-21)35-20-27(33)32(19-23-11-8-12-24(30)17-23)26(28(34)31-29(2,3)4)18-22-9-6-5-7-10-22/h5-17,26H,18-20H2,1-4H3,(H,31,34)/t26-/m0/s1. The molecule has 0 saturated carbocycles. The van der Waals surface area contributed by atoms with Gasteiger partial charge in [-0.3, -0.25) is 9.59 Å². The van der Waals surface area contributed by atoms with Gasteiger partial charge in [0.05, 0.1) is 0 Å². The van der Waals surface area contributed by atoms with Gasteiger partial charge < -0.3 is 15.0 Å². The van der Waals surface area contributed by atoms with Crippen LogP contribution in [0.25, 0.3) is 0 Å². The second-order valence-corrected chi connectivity index (χ2v) is 10.1. The predicted molar refractivity (Wildman–Crippen MR) is 141 cm³/mol. The van der Waals surface area contributed by atoms with Crippen molar-refractivity contribution in [3.8, 4) is 5.75 Å². The first kappa shape index (κ1) is 26.3. The molecule has 35 heavy (non-hydrogen) atoms. The van der Waals surface area contributed by atoms with Crippen molar-refractivity contribution < 1.29 is 14.3 Å². The third kappa shape index (κ3) is 8.45. The van der Waals surface area contributed by atoms with E-state index in [4.69, 9.17) is 16.3 Å².